The van der Waals surface area contributed by atoms with E-state index in [1.165, 1.54) is 73.1 Å². The Balaban J connectivity index is 1.57. The molecule has 0 bridgehead atoms. The van der Waals surface area contributed by atoms with Crippen LogP contribution in [0.2, 0.25) is 0 Å². The van der Waals surface area contributed by atoms with Crippen LogP contribution >= 0.6 is 27.3 Å². The van der Waals surface area contributed by atoms with Gasteiger partial charge < -0.3 is 5.32 Å². The molecule has 0 aromatic carbocycles. The van der Waals surface area contributed by atoms with Crippen LogP contribution in [-0.2, 0) is 6.54 Å². The molecule has 2 nitrogen and oxygen atoms in total. The molecule has 2 heterocycles. The molecule has 2 aliphatic carbocycles. The van der Waals surface area contributed by atoms with E-state index in [-0.39, 0.29) is 0 Å². The van der Waals surface area contributed by atoms with Crippen molar-refractivity contribution >= 4 is 27.3 Å². The summed E-state index contributed by atoms with van der Waals surface area (Å²) in [6.07, 6.45) is 11.2. The first kappa shape index (κ1) is 14.7. The van der Waals surface area contributed by atoms with Gasteiger partial charge in [0.2, 0.25) is 0 Å². The van der Waals surface area contributed by atoms with E-state index in [0.717, 1.165) is 6.54 Å². The topological polar surface area (TPSA) is 15.3 Å². The standard InChI is InChI=1S/C17H25BrN2S/c18-15-6-5-14(21-15)11-20-13-16(7-1-2-8-16)19-12-17(20)9-3-4-10-17/h5-6,19H,1-4,7-13H2. The zero-order valence-corrected chi connectivity index (χ0v) is 15.1. The van der Waals surface area contributed by atoms with Crippen molar-refractivity contribution < 1.29 is 0 Å². The van der Waals surface area contributed by atoms with Crippen molar-refractivity contribution in [3.05, 3.63) is 20.8 Å². The second kappa shape index (κ2) is 5.63. The van der Waals surface area contributed by atoms with Crippen LogP contribution in [0.5, 0.6) is 0 Å². The van der Waals surface area contributed by atoms with Gasteiger partial charge in [0.1, 0.15) is 0 Å². The first-order valence-electron chi connectivity index (χ1n) is 8.44. The van der Waals surface area contributed by atoms with E-state index >= 15 is 0 Å². The third-order valence-electron chi connectivity index (χ3n) is 6.03. The fraction of sp³-hybridized carbons (Fsp3) is 0.765. The molecular weight excluding hydrogens is 344 g/mol. The minimum absolute atomic E-state index is 0.433. The normalized spacial score (nSPS) is 27.9. The largest absolute Gasteiger partial charge is 0.308 e. The van der Waals surface area contributed by atoms with Crippen LogP contribution in [0.25, 0.3) is 0 Å². The molecule has 0 atom stereocenters. The fourth-order valence-electron chi connectivity index (χ4n) is 4.81. The van der Waals surface area contributed by atoms with E-state index in [2.05, 4.69) is 38.3 Å². The van der Waals surface area contributed by atoms with Crippen molar-refractivity contribution in [1.82, 2.24) is 10.2 Å². The van der Waals surface area contributed by atoms with E-state index in [1.807, 2.05) is 11.3 Å². The third-order valence-corrected chi connectivity index (χ3v) is 7.64. The van der Waals surface area contributed by atoms with Crippen molar-refractivity contribution in [1.29, 1.82) is 0 Å². The maximum Gasteiger partial charge on any atom is 0.0701 e. The van der Waals surface area contributed by atoms with Gasteiger partial charge in [0, 0.05) is 35.6 Å². The van der Waals surface area contributed by atoms with Crippen LogP contribution in [0.4, 0.5) is 0 Å². The third kappa shape index (κ3) is 2.73. The molecule has 3 fully saturated rings. The van der Waals surface area contributed by atoms with Gasteiger partial charge in [-0.1, -0.05) is 25.7 Å². The molecule has 0 unspecified atom stereocenters. The van der Waals surface area contributed by atoms with E-state index in [4.69, 9.17) is 0 Å². The fourth-order valence-corrected chi connectivity index (χ4v) is 6.31. The summed E-state index contributed by atoms with van der Waals surface area (Å²) >= 11 is 5.53. The van der Waals surface area contributed by atoms with Crippen LogP contribution in [0.1, 0.15) is 56.2 Å². The second-order valence-electron chi connectivity index (χ2n) is 7.33. The van der Waals surface area contributed by atoms with E-state index in [0.29, 0.717) is 11.1 Å². The molecule has 1 aliphatic heterocycles. The lowest BCUT2D eigenvalue weighted by atomic mass is 9.84. The van der Waals surface area contributed by atoms with Gasteiger partial charge in [0.25, 0.3) is 0 Å². The highest BCUT2D eigenvalue weighted by molar-refractivity contribution is 9.11. The highest BCUT2D eigenvalue weighted by Crippen LogP contribution is 2.43. The molecule has 4 heteroatoms. The maximum absolute atomic E-state index is 4.00. The van der Waals surface area contributed by atoms with E-state index < -0.39 is 0 Å². The summed E-state index contributed by atoms with van der Waals surface area (Å²) in [6.45, 7) is 3.64. The average molecular weight is 369 g/mol. The molecule has 3 aliphatic rings. The van der Waals surface area contributed by atoms with Crippen LogP contribution in [0.15, 0.2) is 15.9 Å². The van der Waals surface area contributed by atoms with Crippen molar-refractivity contribution in [2.45, 2.75) is 69.0 Å². The number of nitrogens with one attached hydrogen (secondary N) is 1. The Morgan fingerprint density at radius 2 is 1.81 bits per heavy atom. The summed E-state index contributed by atoms with van der Waals surface area (Å²) in [5, 5.41) is 4.00. The van der Waals surface area contributed by atoms with Crippen LogP contribution in [0.3, 0.4) is 0 Å². The summed E-state index contributed by atoms with van der Waals surface area (Å²) in [7, 11) is 0. The average Bonchev–Trinajstić information content (AvgIpc) is 3.18. The summed E-state index contributed by atoms with van der Waals surface area (Å²) in [4.78, 5) is 4.38. The van der Waals surface area contributed by atoms with Crippen LogP contribution in [-0.4, -0.2) is 29.1 Å². The van der Waals surface area contributed by atoms with Gasteiger partial charge >= 0.3 is 0 Å². The lowest BCUT2D eigenvalue weighted by molar-refractivity contribution is 0.00348. The summed E-state index contributed by atoms with van der Waals surface area (Å²) < 4.78 is 1.27. The van der Waals surface area contributed by atoms with E-state index in [1.54, 1.807) is 0 Å². The monoisotopic (exact) mass is 368 g/mol. The molecule has 21 heavy (non-hydrogen) atoms. The molecule has 1 aromatic heterocycles. The van der Waals surface area contributed by atoms with E-state index in [9.17, 15) is 0 Å². The number of piperazine rings is 1. The van der Waals surface area contributed by atoms with Gasteiger partial charge in [-0.2, -0.15) is 0 Å². The Morgan fingerprint density at radius 3 is 2.48 bits per heavy atom. The van der Waals surface area contributed by atoms with Crippen molar-refractivity contribution in [2.75, 3.05) is 13.1 Å². The molecule has 0 amide bonds. The highest BCUT2D eigenvalue weighted by Gasteiger charge is 2.49. The quantitative estimate of drug-likeness (QED) is 0.823. The highest BCUT2D eigenvalue weighted by atomic mass is 79.9. The predicted octanol–water partition coefficient (Wildman–Crippen LogP) is 4.54. The van der Waals surface area contributed by atoms with Gasteiger partial charge in [-0.25, -0.2) is 0 Å². The van der Waals surface area contributed by atoms with Crippen LogP contribution in [0, 0.1) is 0 Å². The summed E-state index contributed by atoms with van der Waals surface area (Å²) in [5.74, 6) is 0. The summed E-state index contributed by atoms with van der Waals surface area (Å²) in [6, 6.07) is 4.51. The molecule has 0 radical (unpaired) electrons. The summed E-state index contributed by atoms with van der Waals surface area (Å²) in [5.41, 5.74) is 0.882. The molecule has 1 saturated heterocycles. The Hall–Kier alpha value is 0.1000. The Bertz CT molecular complexity index is 501. The molecule has 4 rings (SSSR count). The Kier molecular flexibility index (Phi) is 3.93. The first-order chi connectivity index (χ1) is 10.2. The van der Waals surface area contributed by atoms with Gasteiger partial charge in [-0.15, -0.1) is 11.3 Å². The lowest BCUT2D eigenvalue weighted by Crippen LogP contribution is -2.68. The number of hydrogen-bond donors (Lipinski definition) is 1. The number of thiophene rings is 1. The van der Waals surface area contributed by atoms with Gasteiger partial charge in [-0.3, -0.25) is 4.90 Å². The van der Waals surface area contributed by atoms with Crippen molar-refractivity contribution in [3.8, 4) is 0 Å². The predicted molar refractivity (Wildman–Crippen MR) is 92.8 cm³/mol. The number of rotatable bonds is 2. The molecular formula is C17H25BrN2S. The van der Waals surface area contributed by atoms with Crippen LogP contribution < -0.4 is 5.32 Å². The van der Waals surface area contributed by atoms with Gasteiger partial charge in [-0.05, 0) is 53.7 Å². The Labute approximate surface area is 140 Å². The molecule has 1 aromatic rings. The first-order valence-corrected chi connectivity index (χ1v) is 10.1. The Morgan fingerprint density at radius 1 is 1.10 bits per heavy atom. The van der Waals surface area contributed by atoms with Crippen molar-refractivity contribution in [2.24, 2.45) is 0 Å². The minimum Gasteiger partial charge on any atom is -0.308 e. The molecule has 2 saturated carbocycles. The SMILES string of the molecule is Brc1ccc(CN2CC3(CCCC3)NCC23CCCC3)s1. The zero-order valence-electron chi connectivity index (χ0n) is 12.7. The number of halogens is 1. The lowest BCUT2D eigenvalue weighted by Gasteiger charge is -2.52. The number of hydrogen-bond acceptors (Lipinski definition) is 3. The van der Waals surface area contributed by atoms with Gasteiger partial charge in [0.15, 0.2) is 0 Å². The molecule has 2 spiro atoms. The second-order valence-corrected chi connectivity index (χ2v) is 9.88. The smallest absolute Gasteiger partial charge is 0.0701 e. The number of nitrogens with zero attached hydrogens (tertiary/aromatic N) is 1. The molecule has 1 N–H and O–H groups in total. The minimum atomic E-state index is 0.433. The molecule has 116 valence electrons. The van der Waals surface area contributed by atoms with Gasteiger partial charge in [0.05, 0.1) is 3.79 Å². The zero-order chi connectivity index (χ0) is 14.3. The maximum atomic E-state index is 4.00. The van der Waals surface area contributed by atoms with Crippen molar-refractivity contribution in [3.63, 3.8) is 0 Å².